The number of rotatable bonds is 1. The van der Waals surface area contributed by atoms with E-state index in [4.69, 9.17) is 4.74 Å². The molecule has 2 atom stereocenters. The fourth-order valence-electron chi connectivity index (χ4n) is 2.35. The number of carbonyl (C=O) groups is 1. The number of carbonyl (C=O) groups excluding carboxylic acids is 1. The highest BCUT2D eigenvalue weighted by atomic mass is 16.7. The van der Waals surface area contributed by atoms with E-state index in [-0.39, 0.29) is 11.3 Å². The van der Waals surface area contributed by atoms with E-state index in [0.717, 1.165) is 19.3 Å². The Morgan fingerprint density at radius 2 is 2.07 bits per heavy atom. The fourth-order valence-corrected chi connectivity index (χ4v) is 2.35. The van der Waals surface area contributed by atoms with Crippen molar-refractivity contribution in [3.8, 4) is 0 Å². The number of hydrogen-bond donors (Lipinski definition) is 1. The minimum absolute atomic E-state index is 0.00940. The molecule has 1 aliphatic carbocycles. The lowest BCUT2D eigenvalue weighted by atomic mass is 9.67. The normalized spacial score (nSPS) is 36.5. The van der Waals surface area contributed by atoms with Crippen LogP contribution in [0.1, 0.15) is 47.0 Å². The molecular weight excluding hydrogens is 180 g/mol. The van der Waals surface area contributed by atoms with Crippen molar-refractivity contribution in [2.24, 2.45) is 11.3 Å². The van der Waals surface area contributed by atoms with Gasteiger partial charge in [-0.15, -0.1) is 0 Å². The van der Waals surface area contributed by atoms with E-state index in [0.29, 0.717) is 0 Å². The number of hydrogen-bond acceptors (Lipinski definition) is 3. The van der Waals surface area contributed by atoms with Crippen molar-refractivity contribution in [3.05, 3.63) is 0 Å². The summed E-state index contributed by atoms with van der Waals surface area (Å²) in [6.45, 7) is 7.18. The van der Waals surface area contributed by atoms with Gasteiger partial charge in [-0.3, -0.25) is 4.79 Å². The van der Waals surface area contributed by atoms with Crippen LogP contribution in [-0.4, -0.2) is 16.9 Å². The molecule has 1 aliphatic rings. The Labute approximate surface area is 85.5 Å². The van der Waals surface area contributed by atoms with Gasteiger partial charge in [0, 0.05) is 18.3 Å². The molecule has 0 bridgehead atoms. The third-order valence-electron chi connectivity index (χ3n) is 3.38. The van der Waals surface area contributed by atoms with Crippen LogP contribution < -0.4 is 0 Å². The zero-order valence-corrected chi connectivity index (χ0v) is 9.46. The summed E-state index contributed by atoms with van der Waals surface area (Å²) in [6.07, 6.45) is 2.88. The van der Waals surface area contributed by atoms with Crippen molar-refractivity contribution in [1.29, 1.82) is 0 Å². The van der Waals surface area contributed by atoms with Gasteiger partial charge in [0.05, 0.1) is 0 Å². The van der Waals surface area contributed by atoms with Crippen LogP contribution in [0.25, 0.3) is 0 Å². The maximum absolute atomic E-state index is 11.0. The van der Waals surface area contributed by atoms with Crippen molar-refractivity contribution < 1.29 is 14.6 Å². The maximum Gasteiger partial charge on any atom is 0.305 e. The average molecular weight is 200 g/mol. The molecule has 0 saturated heterocycles. The Balaban J connectivity index is 2.92. The van der Waals surface area contributed by atoms with Gasteiger partial charge < -0.3 is 9.84 Å². The monoisotopic (exact) mass is 200 g/mol. The van der Waals surface area contributed by atoms with Gasteiger partial charge in [-0.05, 0) is 12.8 Å². The molecule has 0 aromatic rings. The highest BCUT2D eigenvalue weighted by molar-refractivity contribution is 5.66. The second-order valence-corrected chi connectivity index (χ2v) is 4.97. The number of aliphatic hydroxyl groups is 1. The lowest BCUT2D eigenvalue weighted by Crippen LogP contribution is -2.55. The third kappa shape index (κ3) is 1.78. The summed E-state index contributed by atoms with van der Waals surface area (Å²) in [5, 5.41) is 10.4. The maximum atomic E-state index is 11.0. The molecule has 0 radical (unpaired) electrons. The largest absolute Gasteiger partial charge is 0.433 e. The van der Waals surface area contributed by atoms with Crippen LogP contribution in [-0.2, 0) is 9.53 Å². The second kappa shape index (κ2) is 3.54. The number of esters is 1. The molecule has 82 valence electrons. The molecule has 3 nitrogen and oxygen atoms in total. The Bertz CT molecular complexity index is 235. The fraction of sp³-hybridized carbons (Fsp3) is 0.909. The molecule has 0 aliphatic heterocycles. The molecule has 0 aromatic carbocycles. The van der Waals surface area contributed by atoms with Gasteiger partial charge in [0.15, 0.2) is 0 Å². The molecule has 0 unspecified atom stereocenters. The smallest absolute Gasteiger partial charge is 0.305 e. The Hall–Kier alpha value is -0.570. The number of ether oxygens (including phenoxy) is 1. The average Bonchev–Trinajstić information content (AvgIpc) is 1.99. The van der Waals surface area contributed by atoms with Crippen LogP contribution in [0.5, 0.6) is 0 Å². The lowest BCUT2D eigenvalue weighted by molar-refractivity contribution is -0.289. The van der Waals surface area contributed by atoms with E-state index < -0.39 is 11.8 Å². The van der Waals surface area contributed by atoms with Gasteiger partial charge in [-0.2, -0.15) is 0 Å². The van der Waals surface area contributed by atoms with Crippen LogP contribution in [0.3, 0.4) is 0 Å². The summed E-state index contributed by atoms with van der Waals surface area (Å²) in [5.41, 5.74) is -0.351. The summed E-state index contributed by atoms with van der Waals surface area (Å²) < 4.78 is 5.12. The molecule has 0 spiro atoms. The molecular formula is C11H20O3. The first kappa shape index (κ1) is 11.5. The third-order valence-corrected chi connectivity index (χ3v) is 3.38. The van der Waals surface area contributed by atoms with Crippen LogP contribution in [0.15, 0.2) is 0 Å². The molecule has 14 heavy (non-hydrogen) atoms. The molecule has 1 N–H and O–H groups in total. The molecule has 1 fully saturated rings. The minimum Gasteiger partial charge on any atom is -0.433 e. The molecule has 1 saturated carbocycles. The zero-order chi connectivity index (χ0) is 11.0. The topological polar surface area (TPSA) is 46.5 Å². The lowest BCUT2D eigenvalue weighted by Gasteiger charge is -2.48. The second-order valence-electron chi connectivity index (χ2n) is 4.97. The molecule has 1 rings (SSSR count). The molecule has 0 heterocycles. The van der Waals surface area contributed by atoms with Crippen LogP contribution in [0.4, 0.5) is 0 Å². The summed E-state index contributed by atoms with van der Waals surface area (Å²) in [4.78, 5) is 11.0. The first-order valence-corrected chi connectivity index (χ1v) is 5.21. The van der Waals surface area contributed by atoms with Gasteiger partial charge in [0.2, 0.25) is 5.79 Å². The SMILES string of the molecule is CC(=O)O[C@]1(O)[C@H](C)CCCC1(C)C. The van der Waals surface area contributed by atoms with Crippen LogP contribution in [0, 0.1) is 11.3 Å². The minimum atomic E-state index is -1.29. The van der Waals surface area contributed by atoms with Crippen molar-refractivity contribution in [3.63, 3.8) is 0 Å². The van der Waals surface area contributed by atoms with E-state index in [1.54, 1.807) is 0 Å². The van der Waals surface area contributed by atoms with Crippen molar-refractivity contribution in [2.75, 3.05) is 0 Å². The van der Waals surface area contributed by atoms with E-state index in [1.807, 2.05) is 20.8 Å². The van der Waals surface area contributed by atoms with Crippen molar-refractivity contribution in [1.82, 2.24) is 0 Å². The van der Waals surface area contributed by atoms with Crippen LogP contribution >= 0.6 is 0 Å². The van der Waals surface area contributed by atoms with Gasteiger partial charge in [0.1, 0.15) is 0 Å². The Kier molecular flexibility index (Phi) is 2.91. The standard InChI is InChI=1S/C11H20O3/c1-8-6-5-7-10(3,4)11(8,13)14-9(2)12/h8,13H,5-7H2,1-4H3/t8-,11-/m1/s1. The molecule has 3 heteroatoms. The predicted molar refractivity (Wildman–Crippen MR) is 53.5 cm³/mol. The van der Waals surface area contributed by atoms with Gasteiger partial charge in [0.25, 0.3) is 0 Å². The molecule has 0 amide bonds. The highest BCUT2D eigenvalue weighted by Gasteiger charge is 2.52. The predicted octanol–water partition coefficient (Wildman–Crippen LogP) is 2.08. The van der Waals surface area contributed by atoms with Crippen molar-refractivity contribution in [2.45, 2.75) is 52.7 Å². The van der Waals surface area contributed by atoms with Crippen molar-refractivity contribution >= 4 is 5.97 Å². The van der Waals surface area contributed by atoms with Gasteiger partial charge in [-0.1, -0.05) is 27.2 Å². The Morgan fingerprint density at radius 3 is 2.50 bits per heavy atom. The highest BCUT2D eigenvalue weighted by Crippen LogP contribution is 2.47. The van der Waals surface area contributed by atoms with E-state index >= 15 is 0 Å². The quantitative estimate of drug-likeness (QED) is 0.520. The zero-order valence-electron chi connectivity index (χ0n) is 9.46. The summed E-state index contributed by atoms with van der Waals surface area (Å²) in [6, 6.07) is 0. The van der Waals surface area contributed by atoms with E-state index in [2.05, 4.69) is 0 Å². The van der Waals surface area contributed by atoms with E-state index in [1.165, 1.54) is 6.92 Å². The summed E-state index contributed by atoms with van der Waals surface area (Å²) in [7, 11) is 0. The van der Waals surface area contributed by atoms with Crippen LogP contribution in [0.2, 0.25) is 0 Å². The summed E-state index contributed by atoms with van der Waals surface area (Å²) in [5.74, 6) is -1.69. The van der Waals surface area contributed by atoms with Gasteiger partial charge >= 0.3 is 5.97 Å². The molecule has 0 aromatic heterocycles. The Morgan fingerprint density at radius 1 is 1.50 bits per heavy atom. The first-order chi connectivity index (χ1) is 6.29. The first-order valence-electron chi connectivity index (χ1n) is 5.21. The summed E-state index contributed by atoms with van der Waals surface area (Å²) >= 11 is 0. The van der Waals surface area contributed by atoms with Gasteiger partial charge in [-0.25, -0.2) is 0 Å². The van der Waals surface area contributed by atoms with E-state index in [9.17, 15) is 9.90 Å².